The zero-order chi connectivity index (χ0) is 17.9. The fourth-order valence-electron chi connectivity index (χ4n) is 2.71. The van der Waals surface area contributed by atoms with Gasteiger partial charge < -0.3 is 15.2 Å². The summed E-state index contributed by atoms with van der Waals surface area (Å²) in [5.41, 5.74) is 8.26. The van der Waals surface area contributed by atoms with Crippen LogP contribution < -0.4 is 15.2 Å². The Morgan fingerprint density at radius 2 is 1.92 bits per heavy atom. The van der Waals surface area contributed by atoms with Gasteiger partial charge in [0.1, 0.15) is 18.1 Å². The average Bonchev–Trinajstić information content (AvgIpc) is 3.18. The quantitative estimate of drug-likeness (QED) is 0.597. The third-order valence-corrected chi connectivity index (χ3v) is 4.02. The van der Waals surface area contributed by atoms with Crippen LogP contribution in [0.5, 0.6) is 11.5 Å². The van der Waals surface area contributed by atoms with Crippen molar-refractivity contribution in [2.75, 3.05) is 12.8 Å². The van der Waals surface area contributed by atoms with Gasteiger partial charge in [0.05, 0.1) is 12.7 Å². The molecule has 0 unspecified atom stereocenters. The Hall–Kier alpha value is -3.61. The first kappa shape index (κ1) is 15.9. The lowest BCUT2D eigenvalue weighted by Gasteiger charge is -2.13. The minimum Gasteiger partial charge on any atom is -0.497 e. The molecule has 0 bridgehead atoms. The predicted octanol–water partition coefficient (Wildman–Crippen LogP) is 2.96. The van der Waals surface area contributed by atoms with E-state index in [9.17, 15) is 0 Å². The van der Waals surface area contributed by atoms with Gasteiger partial charge in [-0.05, 0) is 17.7 Å². The molecule has 7 heteroatoms. The van der Waals surface area contributed by atoms with E-state index in [1.54, 1.807) is 23.9 Å². The second-order valence-corrected chi connectivity index (χ2v) is 5.67. The molecule has 0 saturated heterocycles. The van der Waals surface area contributed by atoms with E-state index in [0.717, 1.165) is 11.1 Å². The van der Waals surface area contributed by atoms with Crippen molar-refractivity contribution >= 4 is 11.5 Å². The Kier molecular flexibility index (Phi) is 4.10. The molecule has 0 aliphatic heterocycles. The normalized spacial score (nSPS) is 10.8. The van der Waals surface area contributed by atoms with Gasteiger partial charge in [-0.25, -0.2) is 4.98 Å². The minimum absolute atomic E-state index is 0.277. The van der Waals surface area contributed by atoms with Crippen molar-refractivity contribution in [1.29, 1.82) is 0 Å². The molecular formula is C19H17N5O2. The Balaban J connectivity index is 1.77. The highest BCUT2D eigenvalue weighted by atomic mass is 16.5. The summed E-state index contributed by atoms with van der Waals surface area (Å²) in [5.74, 6) is 2.21. The number of fused-ring (bicyclic) bond motifs is 1. The van der Waals surface area contributed by atoms with Crippen molar-refractivity contribution in [3.8, 4) is 22.9 Å². The van der Waals surface area contributed by atoms with Crippen molar-refractivity contribution in [2.24, 2.45) is 0 Å². The van der Waals surface area contributed by atoms with E-state index < -0.39 is 0 Å². The molecule has 2 heterocycles. The molecule has 4 rings (SSSR count). The topological polar surface area (TPSA) is 87.6 Å². The van der Waals surface area contributed by atoms with Gasteiger partial charge in [0.25, 0.3) is 0 Å². The van der Waals surface area contributed by atoms with Gasteiger partial charge in [0.15, 0.2) is 17.3 Å². The molecule has 2 aromatic carbocycles. The van der Waals surface area contributed by atoms with Crippen LogP contribution in [0.1, 0.15) is 5.56 Å². The number of methoxy groups -OCH3 is 1. The molecule has 0 saturated carbocycles. The van der Waals surface area contributed by atoms with E-state index in [0.29, 0.717) is 29.6 Å². The van der Waals surface area contributed by atoms with Crippen molar-refractivity contribution < 1.29 is 9.47 Å². The summed E-state index contributed by atoms with van der Waals surface area (Å²) in [6, 6.07) is 15.5. The van der Waals surface area contributed by atoms with Crippen LogP contribution in [0, 0.1) is 0 Å². The van der Waals surface area contributed by atoms with Gasteiger partial charge in [-0.1, -0.05) is 30.3 Å². The Labute approximate surface area is 150 Å². The van der Waals surface area contributed by atoms with Crippen LogP contribution >= 0.6 is 0 Å². The van der Waals surface area contributed by atoms with Crippen LogP contribution in [0.25, 0.3) is 17.0 Å². The Morgan fingerprint density at radius 1 is 1.08 bits per heavy atom. The monoisotopic (exact) mass is 347 g/mol. The summed E-state index contributed by atoms with van der Waals surface area (Å²) in [5, 5.41) is 8.26. The SMILES string of the molecule is COc1ccc(-c2nnc(N)c3nccn23)c(OCc2ccccc2)c1. The molecule has 2 aromatic heterocycles. The van der Waals surface area contributed by atoms with Crippen LogP contribution in [-0.4, -0.2) is 26.7 Å². The first-order chi connectivity index (χ1) is 12.8. The molecule has 0 spiro atoms. The van der Waals surface area contributed by atoms with E-state index in [2.05, 4.69) is 15.2 Å². The highest BCUT2D eigenvalue weighted by Crippen LogP contribution is 2.33. The number of aromatic nitrogens is 4. The second-order valence-electron chi connectivity index (χ2n) is 5.67. The maximum atomic E-state index is 6.06. The van der Waals surface area contributed by atoms with Crippen LogP contribution in [-0.2, 0) is 6.61 Å². The molecule has 0 aliphatic rings. The molecule has 4 aromatic rings. The Morgan fingerprint density at radius 3 is 2.73 bits per heavy atom. The summed E-state index contributed by atoms with van der Waals surface area (Å²) in [4.78, 5) is 4.23. The maximum absolute atomic E-state index is 6.06. The number of imidazole rings is 1. The number of hydrogen-bond acceptors (Lipinski definition) is 6. The second kappa shape index (κ2) is 6.72. The van der Waals surface area contributed by atoms with E-state index in [1.807, 2.05) is 48.5 Å². The fraction of sp³-hybridized carbons (Fsp3) is 0.105. The van der Waals surface area contributed by atoms with E-state index in [1.165, 1.54) is 0 Å². The number of rotatable bonds is 5. The van der Waals surface area contributed by atoms with E-state index in [4.69, 9.17) is 15.2 Å². The number of benzene rings is 2. The van der Waals surface area contributed by atoms with Crippen molar-refractivity contribution in [3.63, 3.8) is 0 Å². The van der Waals surface area contributed by atoms with Gasteiger partial charge in [0.2, 0.25) is 0 Å². The zero-order valence-electron chi connectivity index (χ0n) is 14.2. The largest absolute Gasteiger partial charge is 0.497 e. The standard InChI is InChI=1S/C19H17N5O2/c1-25-14-7-8-15(16(11-14)26-12-13-5-3-2-4-6-13)18-23-22-17(20)19-21-9-10-24(18)19/h2-11H,12H2,1H3,(H2,20,22). The van der Waals surface area contributed by atoms with Crippen LogP contribution in [0.15, 0.2) is 60.9 Å². The van der Waals surface area contributed by atoms with Crippen LogP contribution in [0.4, 0.5) is 5.82 Å². The molecule has 7 nitrogen and oxygen atoms in total. The summed E-state index contributed by atoms with van der Waals surface area (Å²) in [7, 11) is 1.62. The number of ether oxygens (including phenoxy) is 2. The molecule has 0 radical (unpaired) electrons. The number of anilines is 1. The van der Waals surface area contributed by atoms with E-state index in [-0.39, 0.29) is 5.82 Å². The average molecular weight is 347 g/mol. The summed E-state index contributed by atoms with van der Waals surface area (Å²) >= 11 is 0. The fourth-order valence-corrected chi connectivity index (χ4v) is 2.71. The molecular weight excluding hydrogens is 330 g/mol. The van der Waals surface area contributed by atoms with Gasteiger partial charge >= 0.3 is 0 Å². The third-order valence-electron chi connectivity index (χ3n) is 4.02. The number of hydrogen-bond donors (Lipinski definition) is 1. The summed E-state index contributed by atoms with van der Waals surface area (Å²) in [6.45, 7) is 0.427. The number of nitrogens with zero attached hydrogens (tertiary/aromatic N) is 4. The maximum Gasteiger partial charge on any atom is 0.189 e. The van der Waals surface area contributed by atoms with Crippen molar-refractivity contribution in [3.05, 3.63) is 66.5 Å². The molecule has 0 aliphatic carbocycles. The molecule has 0 fully saturated rings. The number of nitrogens with two attached hydrogens (primary N) is 1. The van der Waals surface area contributed by atoms with Crippen molar-refractivity contribution in [2.45, 2.75) is 6.61 Å². The molecule has 130 valence electrons. The van der Waals surface area contributed by atoms with Gasteiger partial charge in [0, 0.05) is 18.5 Å². The lowest BCUT2D eigenvalue weighted by Crippen LogP contribution is -2.05. The Bertz CT molecular complexity index is 1050. The summed E-state index contributed by atoms with van der Waals surface area (Å²) < 4.78 is 13.2. The molecule has 0 atom stereocenters. The number of nitrogen functional groups attached to an aromatic ring is 1. The van der Waals surface area contributed by atoms with E-state index >= 15 is 0 Å². The first-order valence-corrected chi connectivity index (χ1v) is 8.06. The minimum atomic E-state index is 0.277. The van der Waals surface area contributed by atoms with Gasteiger partial charge in [-0.3, -0.25) is 4.40 Å². The highest BCUT2D eigenvalue weighted by Gasteiger charge is 2.15. The van der Waals surface area contributed by atoms with Crippen LogP contribution in [0.2, 0.25) is 0 Å². The molecule has 2 N–H and O–H groups in total. The zero-order valence-corrected chi connectivity index (χ0v) is 14.2. The smallest absolute Gasteiger partial charge is 0.189 e. The lowest BCUT2D eigenvalue weighted by atomic mass is 10.1. The lowest BCUT2D eigenvalue weighted by molar-refractivity contribution is 0.304. The highest BCUT2D eigenvalue weighted by molar-refractivity contribution is 5.70. The van der Waals surface area contributed by atoms with Gasteiger partial charge in [-0.2, -0.15) is 0 Å². The molecule has 26 heavy (non-hydrogen) atoms. The third kappa shape index (κ3) is 2.90. The van der Waals surface area contributed by atoms with Gasteiger partial charge in [-0.15, -0.1) is 10.2 Å². The van der Waals surface area contributed by atoms with Crippen LogP contribution in [0.3, 0.4) is 0 Å². The van der Waals surface area contributed by atoms with Crippen molar-refractivity contribution in [1.82, 2.24) is 19.6 Å². The first-order valence-electron chi connectivity index (χ1n) is 8.06. The molecule has 0 amide bonds. The predicted molar refractivity (Wildman–Crippen MR) is 98.0 cm³/mol. The summed E-state index contributed by atoms with van der Waals surface area (Å²) in [6.07, 6.45) is 3.45.